The van der Waals surface area contributed by atoms with Gasteiger partial charge in [0.15, 0.2) is 35.3 Å². The van der Waals surface area contributed by atoms with Gasteiger partial charge in [0.2, 0.25) is 17.7 Å². The Balaban J connectivity index is 1.05. The number of amides is 4. The fourth-order valence-corrected chi connectivity index (χ4v) is 14.8. The minimum Gasteiger partial charge on any atom is -0.461 e. The molecule has 5 aromatic rings. The number of ether oxygens (including phenoxy) is 6. The maximum atomic E-state index is 16.7. The molecule has 4 amide bonds. The first-order valence-electron chi connectivity index (χ1n) is 33.9. The monoisotopic (exact) mass is 1440 g/mol. The van der Waals surface area contributed by atoms with E-state index in [4.69, 9.17) is 51.5 Å². The fourth-order valence-electron chi connectivity index (χ4n) is 14.6. The Morgan fingerprint density at radius 3 is 1.76 bits per heavy atom. The number of esters is 5. The minimum absolute atomic E-state index is 0.0402. The summed E-state index contributed by atoms with van der Waals surface area (Å²) in [6.45, 7) is 7.55. The normalized spacial score (nSPS) is 24.4. The molecule has 9 rings (SSSR count). The standard InChI is InChI=1S/C76H86ClN7O19/c1-43-55(100-71(96)62(90)61(48-27-16-9-17-28-48)84-67(92)49-29-18-10-19-30-49)40-76(97)66(102-70(95)50-31-20-11-21-32-50)64-74(6,65(91)63(99-44(2)85)60(43)73(76,4)5)56(39-57-75(64,42-98-57)103-45(3)86)101-59(89)35-34-58(88)81-52(37-46-23-12-7-13-24-46)68(93)83-53(38-47-25-14-8-15-26-47)69(94)82-51(54(87)41-77)33-22-36-80-72(78)79/h7-21,23-32,51-53,55-57,61-64,66,90,97H,22,33-42H2,1-6H3,(H,81,88)(H,82,94)(H,83,93)(H,84,92)(H4,78,79,80)/t51-,52-,53-,55-,56-,57+,61-,62+,63+,64-,66-,74+,75-,76+/m0/s1. The Hall–Kier alpha value is -10.2. The first-order valence-corrected chi connectivity index (χ1v) is 34.4. The van der Waals surface area contributed by atoms with Crippen LogP contribution in [0.3, 0.4) is 0 Å². The molecule has 3 aliphatic carbocycles. The number of hydrogen-bond acceptors (Lipinski definition) is 20. The zero-order valence-corrected chi connectivity index (χ0v) is 58.6. The van der Waals surface area contributed by atoms with E-state index in [1.165, 1.54) is 52.0 Å². The summed E-state index contributed by atoms with van der Waals surface area (Å²) in [5.41, 5.74) is 3.63. The summed E-state index contributed by atoms with van der Waals surface area (Å²) in [5, 5.41) is 37.3. The minimum atomic E-state index is -2.62. The molecule has 0 spiro atoms. The van der Waals surface area contributed by atoms with Crippen LogP contribution in [0.25, 0.3) is 0 Å². The molecule has 3 fully saturated rings. The molecule has 14 atom stereocenters. The van der Waals surface area contributed by atoms with Gasteiger partial charge in [0, 0.05) is 63.5 Å². The SMILES string of the molecule is CC(=O)O[C@H]1C(=O)[C@]2(C)[C@@H](OC(=O)CCC(=O)N[C@@H](Cc3ccccc3)C(=O)N[C@@H](Cc3ccccc3)C(=O)N[C@@H](CCCN=C(N)N)C(=O)CCl)C[C@H]3OC[C@@]3(OC(C)=O)[C@H]2[C@H](OC(=O)c2ccccc2)[C@]2(O)C[C@H](OC(=O)[C@H](O)[C@@H](NC(=O)c3ccccc3)c3ccccc3)C(C)=C1C2(C)C. The Morgan fingerprint density at radius 2 is 1.22 bits per heavy atom. The van der Waals surface area contributed by atoms with E-state index < -0.39 is 192 Å². The van der Waals surface area contributed by atoms with Gasteiger partial charge in [-0.2, -0.15) is 0 Å². The quantitative estimate of drug-likeness (QED) is 0.00602. The number of carbonyl (C=O) groups is 11. The number of guanidine groups is 1. The molecule has 1 aliphatic heterocycles. The molecule has 0 aromatic heterocycles. The van der Waals surface area contributed by atoms with Crippen molar-refractivity contribution in [2.75, 3.05) is 19.0 Å². The van der Waals surface area contributed by atoms with Crippen molar-refractivity contribution in [3.8, 4) is 0 Å². The van der Waals surface area contributed by atoms with E-state index in [0.717, 1.165) is 13.8 Å². The fraction of sp³-hybridized carbons (Fsp3) is 0.421. The third-order valence-corrected chi connectivity index (χ3v) is 20.2. The van der Waals surface area contributed by atoms with Crippen molar-refractivity contribution in [1.82, 2.24) is 21.3 Å². The van der Waals surface area contributed by atoms with Gasteiger partial charge in [-0.15, -0.1) is 11.6 Å². The second kappa shape index (κ2) is 33.3. The van der Waals surface area contributed by atoms with Gasteiger partial charge in [-0.3, -0.25) is 48.1 Å². The highest BCUT2D eigenvalue weighted by Crippen LogP contribution is 2.65. The third kappa shape index (κ3) is 17.3. The van der Waals surface area contributed by atoms with Crippen LogP contribution in [0.15, 0.2) is 168 Å². The summed E-state index contributed by atoms with van der Waals surface area (Å²) >= 11 is 5.98. The van der Waals surface area contributed by atoms with Crippen LogP contribution in [0.1, 0.15) is 124 Å². The number of nitrogens with one attached hydrogen (secondary N) is 4. The average Bonchev–Trinajstić information content (AvgIpc) is 0.668. The number of hydrogen-bond donors (Lipinski definition) is 8. The summed E-state index contributed by atoms with van der Waals surface area (Å²) < 4.78 is 37.8. The summed E-state index contributed by atoms with van der Waals surface area (Å²) in [6.07, 6.45) is -13.3. The number of aliphatic hydroxyl groups excluding tert-OH is 1. The zero-order valence-electron chi connectivity index (χ0n) is 57.9. The average molecular weight is 1440 g/mol. The van der Waals surface area contributed by atoms with Crippen molar-refractivity contribution < 1.29 is 91.4 Å². The number of nitrogens with two attached hydrogens (primary N) is 2. The van der Waals surface area contributed by atoms with Crippen molar-refractivity contribution in [2.24, 2.45) is 33.2 Å². The van der Waals surface area contributed by atoms with E-state index in [1.807, 2.05) is 0 Å². The van der Waals surface area contributed by atoms with E-state index in [0.29, 0.717) is 16.7 Å². The summed E-state index contributed by atoms with van der Waals surface area (Å²) in [5.74, 6) is -12.5. The number of nitrogens with zero attached hydrogens (tertiary/aromatic N) is 1. The summed E-state index contributed by atoms with van der Waals surface area (Å²) in [6, 6.07) is 35.7. The van der Waals surface area contributed by atoms with Gasteiger partial charge in [-0.25, -0.2) is 9.59 Å². The molecule has 103 heavy (non-hydrogen) atoms. The van der Waals surface area contributed by atoms with Gasteiger partial charge < -0.3 is 71.4 Å². The van der Waals surface area contributed by atoms with Crippen LogP contribution in [0, 0.1) is 16.7 Å². The van der Waals surface area contributed by atoms with Gasteiger partial charge in [0.1, 0.15) is 42.1 Å². The van der Waals surface area contributed by atoms with Crippen LogP contribution < -0.4 is 32.7 Å². The lowest BCUT2D eigenvalue weighted by molar-refractivity contribution is -0.346. The first-order chi connectivity index (χ1) is 49.0. The molecule has 2 bridgehead atoms. The van der Waals surface area contributed by atoms with Crippen LogP contribution >= 0.6 is 11.6 Å². The maximum Gasteiger partial charge on any atom is 0.338 e. The molecule has 1 heterocycles. The number of fused-ring (bicyclic) bond motifs is 5. The highest BCUT2D eigenvalue weighted by Gasteiger charge is 2.79. The Morgan fingerprint density at radius 1 is 0.680 bits per heavy atom. The highest BCUT2D eigenvalue weighted by molar-refractivity contribution is 6.28. The number of rotatable bonds is 29. The van der Waals surface area contributed by atoms with E-state index in [-0.39, 0.29) is 60.5 Å². The molecule has 26 nitrogen and oxygen atoms in total. The number of aliphatic imine (C=N–C) groups is 1. The second-order valence-corrected chi connectivity index (χ2v) is 27.3. The van der Waals surface area contributed by atoms with Crippen molar-refractivity contribution in [1.29, 1.82) is 0 Å². The lowest BCUT2D eigenvalue weighted by Crippen LogP contribution is -2.82. The Labute approximate surface area is 600 Å². The summed E-state index contributed by atoms with van der Waals surface area (Å²) in [4.78, 5) is 163. The zero-order chi connectivity index (χ0) is 74.6. The van der Waals surface area contributed by atoms with Crippen molar-refractivity contribution in [2.45, 2.75) is 165 Å². The molecule has 27 heteroatoms. The predicted octanol–water partition coefficient (Wildman–Crippen LogP) is 4.87. The number of alkyl halides is 1. The van der Waals surface area contributed by atoms with Crippen LogP contribution in [-0.4, -0.2) is 166 Å². The second-order valence-electron chi connectivity index (χ2n) is 27.0. The molecule has 10 N–H and O–H groups in total. The number of aliphatic hydroxyl groups is 2. The first kappa shape index (κ1) is 77.0. The van der Waals surface area contributed by atoms with Gasteiger partial charge >= 0.3 is 29.8 Å². The topological polar surface area (TPSA) is 396 Å². The largest absolute Gasteiger partial charge is 0.461 e. The number of ketones is 2. The van der Waals surface area contributed by atoms with E-state index >= 15 is 4.79 Å². The van der Waals surface area contributed by atoms with E-state index in [9.17, 15) is 58.2 Å². The van der Waals surface area contributed by atoms with E-state index in [1.54, 1.807) is 127 Å². The van der Waals surface area contributed by atoms with Gasteiger partial charge in [0.05, 0.1) is 47.9 Å². The molecule has 0 unspecified atom stereocenters. The molecule has 4 aliphatic rings. The Kier molecular flexibility index (Phi) is 24.9. The van der Waals surface area contributed by atoms with Crippen molar-refractivity contribution >= 4 is 82.6 Å². The lowest BCUT2D eigenvalue weighted by atomic mass is 9.44. The van der Waals surface area contributed by atoms with Crippen molar-refractivity contribution in [3.05, 3.63) is 191 Å². The number of halogens is 1. The Bertz CT molecular complexity index is 4010. The molecule has 1 saturated heterocycles. The molecular formula is C76H86ClN7O19. The van der Waals surface area contributed by atoms with Crippen LogP contribution in [0.5, 0.6) is 0 Å². The van der Waals surface area contributed by atoms with Crippen LogP contribution in [0.4, 0.5) is 0 Å². The number of Topliss-reactive ketones (excluding diaryl/α,β-unsaturated/α-hetero) is 2. The third-order valence-electron chi connectivity index (χ3n) is 19.9. The van der Waals surface area contributed by atoms with Gasteiger partial charge in [0.25, 0.3) is 5.91 Å². The number of carbonyl (C=O) groups excluding carboxylic acids is 11. The van der Waals surface area contributed by atoms with Crippen LogP contribution in [0.2, 0.25) is 0 Å². The highest BCUT2D eigenvalue weighted by atomic mass is 35.5. The van der Waals surface area contributed by atoms with Crippen LogP contribution in [-0.2, 0) is 84.4 Å². The molecule has 5 aromatic carbocycles. The molecular weight excluding hydrogens is 1350 g/mol. The van der Waals surface area contributed by atoms with E-state index in [2.05, 4.69) is 26.3 Å². The molecule has 2 saturated carbocycles. The maximum absolute atomic E-state index is 16.7. The number of benzene rings is 5. The summed E-state index contributed by atoms with van der Waals surface area (Å²) in [7, 11) is 0. The van der Waals surface area contributed by atoms with Gasteiger partial charge in [-0.1, -0.05) is 141 Å². The lowest BCUT2D eigenvalue weighted by Gasteiger charge is -2.67. The predicted molar refractivity (Wildman–Crippen MR) is 373 cm³/mol. The molecule has 0 radical (unpaired) electrons. The van der Waals surface area contributed by atoms with Gasteiger partial charge in [-0.05, 0) is 78.8 Å². The smallest absolute Gasteiger partial charge is 0.338 e. The van der Waals surface area contributed by atoms with Crippen molar-refractivity contribution in [3.63, 3.8) is 0 Å². The molecule has 546 valence electrons.